The van der Waals surface area contributed by atoms with Gasteiger partial charge in [-0.2, -0.15) is 0 Å². The quantitative estimate of drug-likeness (QED) is 0.780. The van der Waals surface area contributed by atoms with E-state index in [0.29, 0.717) is 18.0 Å². The van der Waals surface area contributed by atoms with Gasteiger partial charge in [-0.05, 0) is 26.9 Å². The van der Waals surface area contributed by atoms with E-state index in [1.165, 1.54) is 32.6 Å². The maximum absolute atomic E-state index is 5.67. The summed E-state index contributed by atoms with van der Waals surface area (Å²) in [4.78, 5) is 5.07. The molecule has 0 aromatic heterocycles. The van der Waals surface area contributed by atoms with Crippen molar-refractivity contribution in [2.45, 2.75) is 32.4 Å². The molecule has 106 valence electrons. The Kier molecular flexibility index (Phi) is 5.42. The molecular weight excluding hydrogens is 226 g/mol. The Morgan fingerprint density at radius 2 is 2.11 bits per heavy atom. The van der Waals surface area contributed by atoms with Crippen molar-refractivity contribution in [1.82, 2.24) is 15.1 Å². The fraction of sp³-hybridized carbons (Fsp3) is 1.00. The molecule has 2 aliphatic rings. The van der Waals surface area contributed by atoms with Crippen LogP contribution in [0.5, 0.6) is 0 Å². The third-order valence-electron chi connectivity index (χ3n) is 4.29. The van der Waals surface area contributed by atoms with E-state index in [1.54, 1.807) is 0 Å². The fourth-order valence-corrected chi connectivity index (χ4v) is 3.08. The van der Waals surface area contributed by atoms with Crippen LogP contribution in [-0.2, 0) is 4.74 Å². The highest BCUT2D eigenvalue weighted by molar-refractivity contribution is 4.87. The van der Waals surface area contributed by atoms with Crippen molar-refractivity contribution in [3.05, 3.63) is 0 Å². The van der Waals surface area contributed by atoms with Crippen molar-refractivity contribution in [2.75, 3.05) is 53.0 Å². The second kappa shape index (κ2) is 6.85. The van der Waals surface area contributed by atoms with Gasteiger partial charge in [0.15, 0.2) is 0 Å². The van der Waals surface area contributed by atoms with Crippen LogP contribution in [-0.4, -0.2) is 74.9 Å². The largest absolute Gasteiger partial charge is 0.379 e. The molecule has 0 bridgehead atoms. The van der Waals surface area contributed by atoms with Crippen molar-refractivity contribution < 1.29 is 4.74 Å². The number of nitrogens with one attached hydrogen (secondary N) is 1. The Balaban J connectivity index is 1.80. The van der Waals surface area contributed by atoms with Gasteiger partial charge in [0.25, 0.3) is 0 Å². The Hall–Kier alpha value is -0.160. The third kappa shape index (κ3) is 3.67. The monoisotopic (exact) mass is 255 g/mol. The van der Waals surface area contributed by atoms with Crippen molar-refractivity contribution in [2.24, 2.45) is 5.92 Å². The normalized spacial score (nSPS) is 35.2. The first-order valence-corrected chi connectivity index (χ1v) is 7.44. The molecule has 2 aliphatic heterocycles. The predicted molar refractivity (Wildman–Crippen MR) is 74.9 cm³/mol. The molecule has 0 radical (unpaired) electrons. The fourth-order valence-electron chi connectivity index (χ4n) is 3.08. The summed E-state index contributed by atoms with van der Waals surface area (Å²) in [5.41, 5.74) is 0. The number of nitrogens with zero attached hydrogens (tertiary/aromatic N) is 2. The van der Waals surface area contributed by atoms with Crippen molar-refractivity contribution in [1.29, 1.82) is 0 Å². The lowest BCUT2D eigenvalue weighted by atomic mass is 10.0. The first-order valence-electron chi connectivity index (χ1n) is 7.44. The first kappa shape index (κ1) is 14.3. The van der Waals surface area contributed by atoms with Crippen LogP contribution in [0.15, 0.2) is 0 Å². The topological polar surface area (TPSA) is 27.7 Å². The summed E-state index contributed by atoms with van der Waals surface area (Å²) in [7, 11) is 2.22. The Labute approximate surface area is 112 Å². The van der Waals surface area contributed by atoms with E-state index < -0.39 is 0 Å². The molecule has 0 saturated carbocycles. The lowest BCUT2D eigenvalue weighted by Crippen LogP contribution is -2.53. The maximum Gasteiger partial charge on any atom is 0.0623 e. The van der Waals surface area contributed by atoms with Gasteiger partial charge >= 0.3 is 0 Å². The molecule has 0 aromatic carbocycles. The smallest absolute Gasteiger partial charge is 0.0623 e. The van der Waals surface area contributed by atoms with Gasteiger partial charge in [-0.15, -0.1) is 0 Å². The average Bonchev–Trinajstić information content (AvgIpc) is 2.77. The molecule has 1 N–H and O–H groups in total. The lowest BCUT2D eigenvalue weighted by molar-refractivity contribution is 0.0785. The van der Waals surface area contributed by atoms with E-state index in [2.05, 4.69) is 36.0 Å². The Morgan fingerprint density at radius 1 is 1.28 bits per heavy atom. The number of hydrogen-bond acceptors (Lipinski definition) is 4. The van der Waals surface area contributed by atoms with Crippen LogP contribution < -0.4 is 5.32 Å². The minimum Gasteiger partial charge on any atom is -0.379 e. The molecule has 2 rings (SSSR count). The number of rotatable bonds is 5. The van der Waals surface area contributed by atoms with Gasteiger partial charge in [0.05, 0.1) is 13.2 Å². The number of piperazine rings is 1. The molecule has 0 spiro atoms. The summed E-state index contributed by atoms with van der Waals surface area (Å²) >= 11 is 0. The van der Waals surface area contributed by atoms with Crippen LogP contribution in [0.4, 0.5) is 0 Å². The van der Waals surface area contributed by atoms with Gasteiger partial charge in [0, 0.05) is 44.2 Å². The second-order valence-corrected chi connectivity index (χ2v) is 5.96. The summed E-state index contributed by atoms with van der Waals surface area (Å²) in [6.45, 7) is 12.3. The average molecular weight is 255 g/mol. The van der Waals surface area contributed by atoms with E-state index in [9.17, 15) is 0 Å². The van der Waals surface area contributed by atoms with Crippen molar-refractivity contribution >= 4 is 0 Å². The molecule has 3 atom stereocenters. The predicted octanol–water partition coefficient (Wildman–Crippen LogP) is 0.637. The summed E-state index contributed by atoms with van der Waals surface area (Å²) in [5, 5.41) is 3.63. The lowest BCUT2D eigenvalue weighted by Gasteiger charge is -2.40. The highest BCUT2D eigenvalue weighted by Gasteiger charge is 2.31. The Morgan fingerprint density at radius 3 is 2.83 bits per heavy atom. The van der Waals surface area contributed by atoms with Crippen LogP contribution >= 0.6 is 0 Å². The van der Waals surface area contributed by atoms with E-state index in [0.717, 1.165) is 19.8 Å². The van der Waals surface area contributed by atoms with Crippen LogP contribution in [0.2, 0.25) is 0 Å². The Bertz CT molecular complexity index is 249. The third-order valence-corrected chi connectivity index (χ3v) is 4.29. The summed E-state index contributed by atoms with van der Waals surface area (Å²) in [5.74, 6) is 0.669. The summed E-state index contributed by atoms with van der Waals surface area (Å²) in [6, 6.07) is 1.24. The summed E-state index contributed by atoms with van der Waals surface area (Å²) < 4.78 is 5.67. The maximum atomic E-state index is 5.67. The van der Waals surface area contributed by atoms with Gasteiger partial charge in [0.2, 0.25) is 0 Å². The zero-order valence-electron chi connectivity index (χ0n) is 12.2. The van der Waals surface area contributed by atoms with Crippen LogP contribution in [0.25, 0.3) is 0 Å². The van der Waals surface area contributed by atoms with Crippen molar-refractivity contribution in [3.63, 3.8) is 0 Å². The SMILES string of the molecule is CCCNC1COCC1CN1CCN(C)CC1C. The zero-order valence-corrected chi connectivity index (χ0v) is 12.2. The molecule has 4 nitrogen and oxygen atoms in total. The molecule has 18 heavy (non-hydrogen) atoms. The highest BCUT2D eigenvalue weighted by Crippen LogP contribution is 2.18. The van der Waals surface area contributed by atoms with Gasteiger partial charge in [-0.1, -0.05) is 6.92 Å². The van der Waals surface area contributed by atoms with E-state index in [-0.39, 0.29) is 0 Å². The molecule has 0 amide bonds. The minimum absolute atomic E-state index is 0.566. The number of ether oxygens (including phenoxy) is 1. The van der Waals surface area contributed by atoms with Crippen molar-refractivity contribution in [3.8, 4) is 0 Å². The minimum atomic E-state index is 0.566. The molecule has 2 heterocycles. The van der Waals surface area contributed by atoms with Crippen LogP contribution in [0.3, 0.4) is 0 Å². The first-order chi connectivity index (χ1) is 8.70. The second-order valence-electron chi connectivity index (χ2n) is 5.96. The molecule has 4 heteroatoms. The van der Waals surface area contributed by atoms with Crippen LogP contribution in [0, 0.1) is 5.92 Å². The molecule has 3 unspecified atom stereocenters. The van der Waals surface area contributed by atoms with Gasteiger partial charge < -0.3 is 15.0 Å². The van der Waals surface area contributed by atoms with E-state index in [1.807, 2.05) is 0 Å². The molecule has 0 aliphatic carbocycles. The zero-order chi connectivity index (χ0) is 13.0. The highest BCUT2D eigenvalue weighted by atomic mass is 16.5. The van der Waals surface area contributed by atoms with E-state index >= 15 is 0 Å². The molecule has 2 saturated heterocycles. The van der Waals surface area contributed by atoms with Crippen LogP contribution in [0.1, 0.15) is 20.3 Å². The van der Waals surface area contributed by atoms with E-state index in [4.69, 9.17) is 4.74 Å². The van der Waals surface area contributed by atoms with Gasteiger partial charge in [0.1, 0.15) is 0 Å². The molecular formula is C14H29N3O. The number of likely N-dealkylation sites (N-methyl/N-ethyl adjacent to an activating group) is 1. The van der Waals surface area contributed by atoms with Gasteiger partial charge in [-0.3, -0.25) is 4.90 Å². The standard InChI is InChI=1S/C14H29N3O/c1-4-5-15-14-11-18-10-13(14)9-17-7-6-16(3)8-12(17)2/h12-15H,4-11H2,1-3H3. The van der Waals surface area contributed by atoms with Gasteiger partial charge in [-0.25, -0.2) is 0 Å². The molecule has 0 aromatic rings. The number of hydrogen-bond donors (Lipinski definition) is 1. The molecule has 2 fully saturated rings. The summed E-state index contributed by atoms with van der Waals surface area (Å²) in [6.07, 6.45) is 1.20.